The van der Waals surface area contributed by atoms with Gasteiger partial charge in [-0.3, -0.25) is 4.40 Å². The number of nitrogens with zero attached hydrogens (tertiary/aromatic N) is 2. The molecule has 3 nitrogen and oxygen atoms in total. The van der Waals surface area contributed by atoms with E-state index in [0.29, 0.717) is 0 Å². The summed E-state index contributed by atoms with van der Waals surface area (Å²) in [6, 6.07) is 12.2. The van der Waals surface area contributed by atoms with Gasteiger partial charge < -0.3 is 5.73 Å². The summed E-state index contributed by atoms with van der Waals surface area (Å²) in [4.78, 5) is 4.64. The number of pyridine rings is 1. The first-order valence-electron chi connectivity index (χ1n) is 5.97. The number of anilines is 1. The van der Waals surface area contributed by atoms with Crippen LogP contribution < -0.4 is 5.73 Å². The molecule has 90 valence electrons. The van der Waals surface area contributed by atoms with E-state index in [1.54, 1.807) is 0 Å². The van der Waals surface area contributed by atoms with E-state index in [1.165, 1.54) is 0 Å². The molecule has 3 aromatic rings. The summed E-state index contributed by atoms with van der Waals surface area (Å²) in [6.45, 7) is 4.07. The molecule has 0 aliphatic heterocycles. The Morgan fingerprint density at radius 3 is 2.56 bits per heavy atom. The van der Waals surface area contributed by atoms with E-state index >= 15 is 0 Å². The highest BCUT2D eigenvalue weighted by atomic mass is 15.0. The van der Waals surface area contributed by atoms with Gasteiger partial charge in [-0.1, -0.05) is 30.3 Å². The molecule has 0 aliphatic rings. The third kappa shape index (κ3) is 1.56. The van der Waals surface area contributed by atoms with Crippen LogP contribution in [0.1, 0.15) is 11.3 Å². The number of aromatic nitrogens is 2. The third-order valence-electron chi connectivity index (χ3n) is 3.15. The van der Waals surface area contributed by atoms with Crippen LogP contribution in [-0.4, -0.2) is 9.38 Å². The molecule has 3 heteroatoms. The molecular weight excluding hydrogens is 222 g/mol. The number of nitrogen functional groups attached to an aromatic ring is 1. The van der Waals surface area contributed by atoms with Gasteiger partial charge in [0.2, 0.25) is 0 Å². The van der Waals surface area contributed by atoms with E-state index in [9.17, 15) is 0 Å². The van der Waals surface area contributed by atoms with Crippen molar-refractivity contribution >= 4 is 11.3 Å². The molecule has 2 heterocycles. The minimum absolute atomic E-state index is 0.759. The summed E-state index contributed by atoms with van der Waals surface area (Å²) in [5.74, 6) is 0. The Morgan fingerprint density at radius 2 is 1.83 bits per heavy atom. The zero-order valence-corrected chi connectivity index (χ0v) is 10.5. The highest BCUT2D eigenvalue weighted by molar-refractivity contribution is 5.69. The standard InChI is InChI=1S/C15H15N3/c1-10-8-13(16)9-18-14(11(2)17-15(10)18)12-6-4-3-5-7-12/h3-9H,16H2,1-2H3. The van der Waals surface area contributed by atoms with Crippen molar-refractivity contribution in [2.24, 2.45) is 0 Å². The lowest BCUT2D eigenvalue weighted by Gasteiger charge is -2.05. The van der Waals surface area contributed by atoms with Gasteiger partial charge in [0.25, 0.3) is 0 Å². The van der Waals surface area contributed by atoms with E-state index in [2.05, 4.69) is 21.5 Å². The summed E-state index contributed by atoms with van der Waals surface area (Å²) in [5, 5.41) is 0. The van der Waals surface area contributed by atoms with Crippen LogP contribution in [-0.2, 0) is 0 Å². The highest BCUT2D eigenvalue weighted by Crippen LogP contribution is 2.26. The molecule has 0 saturated carbocycles. The summed E-state index contributed by atoms with van der Waals surface area (Å²) in [5.41, 5.74) is 12.1. The Labute approximate surface area is 106 Å². The van der Waals surface area contributed by atoms with Gasteiger partial charge in [0.05, 0.1) is 11.4 Å². The molecule has 2 N–H and O–H groups in total. The van der Waals surface area contributed by atoms with Crippen LogP contribution in [0.2, 0.25) is 0 Å². The number of hydrogen-bond acceptors (Lipinski definition) is 2. The molecule has 0 spiro atoms. The molecule has 2 aromatic heterocycles. The molecule has 0 fully saturated rings. The Balaban J connectivity index is 2.39. The first-order valence-corrected chi connectivity index (χ1v) is 5.97. The van der Waals surface area contributed by atoms with Gasteiger partial charge in [-0.05, 0) is 25.5 Å². The lowest BCUT2D eigenvalue weighted by molar-refractivity contribution is 1.17. The molecule has 0 radical (unpaired) electrons. The average Bonchev–Trinajstić information content (AvgIpc) is 2.67. The van der Waals surface area contributed by atoms with Gasteiger partial charge in [0, 0.05) is 17.4 Å². The number of fused-ring (bicyclic) bond motifs is 1. The van der Waals surface area contributed by atoms with Gasteiger partial charge in [-0.2, -0.15) is 0 Å². The summed E-state index contributed by atoms with van der Waals surface area (Å²) in [7, 11) is 0. The predicted molar refractivity (Wildman–Crippen MR) is 74.5 cm³/mol. The fourth-order valence-corrected chi connectivity index (χ4v) is 2.39. The highest BCUT2D eigenvalue weighted by Gasteiger charge is 2.12. The first-order chi connectivity index (χ1) is 8.66. The van der Waals surface area contributed by atoms with Crippen molar-refractivity contribution in [3.63, 3.8) is 0 Å². The largest absolute Gasteiger partial charge is 0.398 e. The predicted octanol–water partition coefficient (Wildman–Crippen LogP) is 3.20. The van der Waals surface area contributed by atoms with E-state index in [1.807, 2.05) is 44.3 Å². The Bertz CT molecular complexity index is 711. The zero-order chi connectivity index (χ0) is 12.7. The second kappa shape index (κ2) is 3.88. The number of rotatable bonds is 1. The van der Waals surface area contributed by atoms with Crippen molar-refractivity contribution in [3.8, 4) is 11.3 Å². The van der Waals surface area contributed by atoms with Crippen LogP contribution in [0, 0.1) is 13.8 Å². The molecule has 0 unspecified atom stereocenters. The summed E-state index contributed by atoms with van der Waals surface area (Å²) in [6.07, 6.45) is 1.94. The van der Waals surface area contributed by atoms with Gasteiger partial charge in [0.1, 0.15) is 5.65 Å². The number of hydrogen-bond donors (Lipinski definition) is 1. The van der Waals surface area contributed by atoms with Crippen molar-refractivity contribution < 1.29 is 0 Å². The third-order valence-corrected chi connectivity index (χ3v) is 3.15. The number of aryl methyl sites for hydroxylation is 2. The van der Waals surface area contributed by atoms with Crippen LogP contribution in [0.25, 0.3) is 16.9 Å². The van der Waals surface area contributed by atoms with Crippen LogP contribution in [0.15, 0.2) is 42.6 Å². The van der Waals surface area contributed by atoms with Gasteiger partial charge in [-0.25, -0.2) is 4.98 Å². The van der Waals surface area contributed by atoms with Crippen molar-refractivity contribution in [2.45, 2.75) is 13.8 Å². The maximum Gasteiger partial charge on any atom is 0.140 e. The molecule has 1 aromatic carbocycles. The molecule has 0 amide bonds. The monoisotopic (exact) mass is 237 g/mol. The Hall–Kier alpha value is -2.29. The van der Waals surface area contributed by atoms with Crippen LogP contribution in [0.4, 0.5) is 5.69 Å². The first kappa shape index (κ1) is 10.8. The SMILES string of the molecule is Cc1nc2c(C)cc(N)cn2c1-c1ccccc1. The number of imidazole rings is 1. The van der Waals surface area contributed by atoms with E-state index in [-0.39, 0.29) is 0 Å². The van der Waals surface area contributed by atoms with Crippen molar-refractivity contribution in [1.29, 1.82) is 0 Å². The minimum atomic E-state index is 0.759. The van der Waals surface area contributed by atoms with Crippen LogP contribution >= 0.6 is 0 Å². The summed E-state index contributed by atoms with van der Waals surface area (Å²) >= 11 is 0. The Kier molecular flexibility index (Phi) is 2.33. The molecule has 0 bridgehead atoms. The Morgan fingerprint density at radius 1 is 1.11 bits per heavy atom. The quantitative estimate of drug-likeness (QED) is 0.706. The van der Waals surface area contributed by atoms with Crippen LogP contribution in [0.5, 0.6) is 0 Å². The van der Waals surface area contributed by atoms with Crippen molar-refractivity contribution in [3.05, 3.63) is 53.9 Å². The van der Waals surface area contributed by atoms with Crippen molar-refractivity contribution in [2.75, 3.05) is 5.73 Å². The number of benzene rings is 1. The van der Waals surface area contributed by atoms with E-state index in [4.69, 9.17) is 5.73 Å². The lowest BCUT2D eigenvalue weighted by atomic mass is 10.1. The van der Waals surface area contributed by atoms with Gasteiger partial charge in [-0.15, -0.1) is 0 Å². The fraction of sp³-hybridized carbons (Fsp3) is 0.133. The molecule has 18 heavy (non-hydrogen) atoms. The van der Waals surface area contributed by atoms with Gasteiger partial charge >= 0.3 is 0 Å². The average molecular weight is 237 g/mol. The second-order valence-electron chi connectivity index (χ2n) is 4.56. The fourth-order valence-electron chi connectivity index (χ4n) is 2.39. The molecular formula is C15H15N3. The lowest BCUT2D eigenvalue weighted by Crippen LogP contribution is -1.95. The van der Waals surface area contributed by atoms with Crippen LogP contribution in [0.3, 0.4) is 0 Å². The van der Waals surface area contributed by atoms with Gasteiger partial charge in [0.15, 0.2) is 0 Å². The smallest absolute Gasteiger partial charge is 0.140 e. The zero-order valence-electron chi connectivity index (χ0n) is 10.5. The van der Waals surface area contributed by atoms with Crippen molar-refractivity contribution in [1.82, 2.24) is 9.38 Å². The normalized spacial score (nSPS) is 11.0. The maximum absolute atomic E-state index is 5.93. The topological polar surface area (TPSA) is 43.3 Å². The molecule has 0 aliphatic carbocycles. The molecule has 0 atom stereocenters. The maximum atomic E-state index is 5.93. The van der Waals surface area contributed by atoms with E-state index < -0.39 is 0 Å². The summed E-state index contributed by atoms with van der Waals surface area (Å²) < 4.78 is 2.08. The number of nitrogens with two attached hydrogens (primary N) is 1. The minimum Gasteiger partial charge on any atom is -0.398 e. The molecule has 0 saturated heterocycles. The second-order valence-corrected chi connectivity index (χ2v) is 4.56. The van der Waals surface area contributed by atoms with E-state index in [0.717, 1.165) is 33.8 Å². The molecule has 3 rings (SSSR count).